The molecule has 0 radical (unpaired) electrons. The molecule has 1 aromatic carbocycles. The van der Waals surface area contributed by atoms with Gasteiger partial charge in [-0.1, -0.05) is 37.7 Å². The molecule has 1 atom stereocenters. The van der Waals surface area contributed by atoms with Crippen LogP contribution in [0.5, 0.6) is 0 Å². The number of thioether (sulfide) groups is 1. The lowest BCUT2D eigenvalue weighted by atomic mass is 10.1. The van der Waals surface area contributed by atoms with Gasteiger partial charge in [0.2, 0.25) is 10.0 Å². The molecule has 31 heavy (non-hydrogen) atoms. The number of non-ortho nitro benzene ring substituents is 1. The Morgan fingerprint density at radius 1 is 1.32 bits per heavy atom. The molecule has 0 aliphatic carbocycles. The first kappa shape index (κ1) is 23.0. The average molecular weight is 464 g/mol. The molecule has 0 amide bonds. The largest absolute Gasteiger partial charge is 0.351 e. The first-order valence-corrected chi connectivity index (χ1v) is 12.3. The standard InChI is InChI=1S/C20H25N5O4S2/c1-14(2)18-19(30-17-9-5-8-16(11-17)25(26)27)24(13-15-7-6-10-21-12-15)20(3,22-18)23-31(4,28)29/h5-12,14,22-23H,13H2,1-4H3. The first-order valence-electron chi connectivity index (χ1n) is 9.58. The lowest BCUT2D eigenvalue weighted by molar-refractivity contribution is -0.385. The summed E-state index contributed by atoms with van der Waals surface area (Å²) in [4.78, 5) is 17.5. The molecule has 0 saturated carbocycles. The van der Waals surface area contributed by atoms with Crippen LogP contribution in [-0.4, -0.2) is 35.3 Å². The number of nitrogens with zero attached hydrogens (tertiary/aromatic N) is 3. The maximum Gasteiger partial charge on any atom is 0.270 e. The van der Waals surface area contributed by atoms with E-state index in [4.69, 9.17) is 0 Å². The van der Waals surface area contributed by atoms with E-state index in [2.05, 4.69) is 15.0 Å². The molecule has 3 rings (SSSR count). The van der Waals surface area contributed by atoms with Gasteiger partial charge in [-0.15, -0.1) is 0 Å². The summed E-state index contributed by atoms with van der Waals surface area (Å²) in [6.45, 7) is 6.15. The molecule has 0 fully saturated rings. The van der Waals surface area contributed by atoms with Crippen molar-refractivity contribution in [2.24, 2.45) is 5.92 Å². The Balaban J connectivity index is 2.06. The van der Waals surface area contributed by atoms with Crippen LogP contribution in [-0.2, 0) is 16.6 Å². The summed E-state index contributed by atoms with van der Waals surface area (Å²) in [6.07, 6.45) is 4.51. The molecular formula is C20H25N5O4S2. The number of hydrogen-bond donors (Lipinski definition) is 2. The minimum atomic E-state index is -3.55. The third-order valence-electron chi connectivity index (χ3n) is 4.66. The molecule has 1 aromatic heterocycles. The van der Waals surface area contributed by atoms with E-state index in [0.29, 0.717) is 11.4 Å². The highest BCUT2D eigenvalue weighted by Gasteiger charge is 2.44. The Hall–Kier alpha value is -2.63. The molecule has 2 N–H and O–H groups in total. The monoisotopic (exact) mass is 463 g/mol. The summed E-state index contributed by atoms with van der Waals surface area (Å²) in [7, 11) is -3.55. The minimum absolute atomic E-state index is 0.00140. The number of pyridine rings is 1. The third kappa shape index (κ3) is 5.54. The van der Waals surface area contributed by atoms with Crippen molar-refractivity contribution in [2.45, 2.75) is 38.0 Å². The topological polar surface area (TPSA) is 117 Å². The van der Waals surface area contributed by atoms with Gasteiger partial charge < -0.3 is 10.2 Å². The number of nitro groups is 1. The van der Waals surface area contributed by atoms with Crippen molar-refractivity contribution in [2.75, 3.05) is 6.26 Å². The van der Waals surface area contributed by atoms with Gasteiger partial charge in [-0.2, -0.15) is 4.72 Å². The number of rotatable bonds is 8. The highest BCUT2D eigenvalue weighted by molar-refractivity contribution is 8.03. The van der Waals surface area contributed by atoms with Crippen molar-refractivity contribution < 1.29 is 13.3 Å². The van der Waals surface area contributed by atoms with Crippen molar-refractivity contribution in [3.63, 3.8) is 0 Å². The van der Waals surface area contributed by atoms with Gasteiger partial charge in [0.05, 0.1) is 16.2 Å². The van der Waals surface area contributed by atoms with E-state index >= 15 is 0 Å². The zero-order valence-corrected chi connectivity index (χ0v) is 19.3. The SMILES string of the molecule is CC(C)C1=C(Sc2cccc([N+](=O)[O-])c2)N(Cc2cccnc2)C(C)(NS(C)(=O)=O)N1. The molecule has 1 unspecified atom stereocenters. The van der Waals surface area contributed by atoms with Crippen molar-refractivity contribution in [1.29, 1.82) is 0 Å². The Labute approximate surface area is 186 Å². The number of benzene rings is 1. The lowest BCUT2D eigenvalue weighted by Crippen LogP contribution is -2.62. The minimum Gasteiger partial charge on any atom is -0.351 e. The van der Waals surface area contributed by atoms with Gasteiger partial charge in [0.1, 0.15) is 0 Å². The second-order valence-electron chi connectivity index (χ2n) is 7.75. The van der Waals surface area contributed by atoms with Crippen molar-refractivity contribution in [3.05, 3.63) is 75.2 Å². The van der Waals surface area contributed by atoms with Gasteiger partial charge in [-0.05, 0) is 30.5 Å². The molecule has 1 aliphatic heterocycles. The summed E-state index contributed by atoms with van der Waals surface area (Å²) in [5.41, 5.74) is 1.74. The Bertz CT molecular complexity index is 1110. The predicted molar refractivity (Wildman–Crippen MR) is 120 cm³/mol. The summed E-state index contributed by atoms with van der Waals surface area (Å²) in [5.74, 6) is -1.06. The fourth-order valence-corrected chi connectivity index (χ4v) is 5.54. The number of allylic oxidation sites excluding steroid dienone is 1. The van der Waals surface area contributed by atoms with Crippen LogP contribution in [0.1, 0.15) is 26.3 Å². The second kappa shape index (κ2) is 8.85. The number of aromatic nitrogens is 1. The fourth-order valence-electron chi connectivity index (χ4n) is 3.35. The molecule has 11 heteroatoms. The van der Waals surface area contributed by atoms with E-state index in [1.807, 2.05) is 30.9 Å². The van der Waals surface area contributed by atoms with E-state index in [9.17, 15) is 18.5 Å². The molecule has 0 bridgehead atoms. The summed E-state index contributed by atoms with van der Waals surface area (Å²) in [6, 6.07) is 10.1. The second-order valence-corrected chi connectivity index (χ2v) is 10.6. The van der Waals surface area contributed by atoms with E-state index in [-0.39, 0.29) is 11.6 Å². The van der Waals surface area contributed by atoms with Crippen molar-refractivity contribution in [3.8, 4) is 0 Å². The normalized spacial score (nSPS) is 19.1. The number of sulfonamides is 1. The Kier molecular flexibility index (Phi) is 6.58. The molecule has 0 saturated heterocycles. The zero-order valence-electron chi connectivity index (χ0n) is 17.7. The highest BCUT2D eigenvalue weighted by atomic mass is 32.2. The maximum atomic E-state index is 12.2. The van der Waals surface area contributed by atoms with Crippen LogP contribution in [0.25, 0.3) is 0 Å². The van der Waals surface area contributed by atoms with Gasteiger partial charge in [0, 0.05) is 41.7 Å². The van der Waals surface area contributed by atoms with E-state index in [1.165, 1.54) is 23.9 Å². The highest BCUT2D eigenvalue weighted by Crippen LogP contribution is 2.42. The summed E-state index contributed by atoms with van der Waals surface area (Å²) >= 11 is 1.36. The number of hydrogen-bond acceptors (Lipinski definition) is 8. The van der Waals surface area contributed by atoms with Gasteiger partial charge in [-0.3, -0.25) is 15.1 Å². The van der Waals surface area contributed by atoms with E-state index in [0.717, 1.165) is 22.5 Å². The molecule has 2 heterocycles. The number of nitrogens with one attached hydrogen (secondary N) is 2. The van der Waals surface area contributed by atoms with E-state index < -0.39 is 20.7 Å². The quantitative estimate of drug-likeness (QED) is 0.453. The van der Waals surface area contributed by atoms with Crippen LogP contribution in [0.4, 0.5) is 5.69 Å². The fraction of sp³-hybridized carbons (Fsp3) is 0.350. The summed E-state index contributed by atoms with van der Waals surface area (Å²) < 4.78 is 27.0. The molecular weight excluding hydrogens is 438 g/mol. The third-order valence-corrected chi connectivity index (χ3v) is 6.55. The molecule has 9 nitrogen and oxygen atoms in total. The zero-order chi connectivity index (χ0) is 22.8. The van der Waals surface area contributed by atoms with Crippen LogP contribution < -0.4 is 10.0 Å². The predicted octanol–water partition coefficient (Wildman–Crippen LogP) is 3.24. The Morgan fingerprint density at radius 3 is 2.65 bits per heavy atom. The van der Waals surface area contributed by atoms with Crippen molar-refractivity contribution in [1.82, 2.24) is 19.9 Å². The van der Waals surface area contributed by atoms with Crippen LogP contribution in [0.3, 0.4) is 0 Å². The molecule has 0 spiro atoms. The summed E-state index contributed by atoms with van der Waals surface area (Å²) in [5, 5.41) is 15.3. The van der Waals surface area contributed by atoms with Crippen molar-refractivity contribution >= 4 is 27.5 Å². The molecule has 1 aliphatic rings. The lowest BCUT2D eigenvalue weighted by Gasteiger charge is -2.38. The van der Waals surface area contributed by atoms with Gasteiger partial charge in [0.15, 0.2) is 5.79 Å². The molecule has 2 aromatic rings. The van der Waals surface area contributed by atoms with Crippen LogP contribution in [0.2, 0.25) is 0 Å². The number of nitro benzene ring substituents is 1. The van der Waals surface area contributed by atoms with Crippen LogP contribution in [0.15, 0.2) is 64.4 Å². The van der Waals surface area contributed by atoms with Crippen LogP contribution in [0, 0.1) is 16.0 Å². The van der Waals surface area contributed by atoms with Gasteiger partial charge >= 0.3 is 0 Å². The van der Waals surface area contributed by atoms with Gasteiger partial charge in [0.25, 0.3) is 5.69 Å². The first-order chi connectivity index (χ1) is 14.5. The van der Waals surface area contributed by atoms with Gasteiger partial charge in [-0.25, -0.2) is 8.42 Å². The van der Waals surface area contributed by atoms with Crippen LogP contribution >= 0.6 is 11.8 Å². The van der Waals surface area contributed by atoms with E-state index in [1.54, 1.807) is 31.5 Å². The molecule has 166 valence electrons. The average Bonchev–Trinajstić information content (AvgIpc) is 2.93. The Morgan fingerprint density at radius 2 is 2.06 bits per heavy atom. The maximum absolute atomic E-state index is 12.2. The smallest absolute Gasteiger partial charge is 0.270 e.